The summed E-state index contributed by atoms with van der Waals surface area (Å²) in [5.74, 6) is 9.24. The van der Waals surface area contributed by atoms with Gasteiger partial charge in [0.05, 0.1) is 18.8 Å². The Bertz CT molecular complexity index is 755. The molecule has 0 heterocycles. The van der Waals surface area contributed by atoms with Crippen molar-refractivity contribution in [1.82, 2.24) is 5.32 Å². The fourth-order valence-electron chi connectivity index (χ4n) is 1.71. The molecule has 0 saturated heterocycles. The van der Waals surface area contributed by atoms with Crippen molar-refractivity contribution in [3.05, 3.63) is 23.8 Å². The molecule has 27 heavy (non-hydrogen) atoms. The van der Waals surface area contributed by atoms with Crippen molar-refractivity contribution in [2.45, 2.75) is 32.6 Å². The maximum atomic E-state index is 11.4. The standard InChI is InChI=1S/C20H21NO6/c1-2-3-12-26-19(24)15-21-20(25)27-13-8-6-4-5-7-9-16-14-17(22)10-11-18(16)23/h10-11,14H,2-3,6,8,12-13,15H2,1H3,(H,21,25). The number of esters is 1. The number of rotatable bonds is 8. The minimum absolute atomic E-state index is 0.116. The lowest BCUT2D eigenvalue weighted by Gasteiger charge is -2.06. The van der Waals surface area contributed by atoms with E-state index in [0.717, 1.165) is 12.8 Å². The summed E-state index contributed by atoms with van der Waals surface area (Å²) < 4.78 is 9.77. The van der Waals surface area contributed by atoms with Crippen LogP contribution >= 0.6 is 0 Å². The molecule has 0 bridgehead atoms. The second-order valence-corrected chi connectivity index (χ2v) is 5.38. The predicted molar refractivity (Wildman–Crippen MR) is 97.2 cm³/mol. The molecule has 0 unspecified atom stereocenters. The van der Waals surface area contributed by atoms with Gasteiger partial charge in [0, 0.05) is 12.5 Å². The molecule has 0 radical (unpaired) electrons. The Morgan fingerprint density at radius 3 is 2.63 bits per heavy atom. The number of hydrogen-bond acceptors (Lipinski definition) is 6. The van der Waals surface area contributed by atoms with Gasteiger partial charge in [0.1, 0.15) is 6.54 Å². The molecular formula is C20H21NO6. The number of carbonyl (C=O) groups excluding carboxylic acids is 4. The SMILES string of the molecule is CCCCOC(=O)CNC(=O)OCCCC#CC#CC1=CC(=O)C=CC1=O. The summed E-state index contributed by atoms with van der Waals surface area (Å²) in [5.41, 5.74) is 0.116. The Kier molecular flexibility index (Phi) is 10.4. The Morgan fingerprint density at radius 2 is 1.85 bits per heavy atom. The summed E-state index contributed by atoms with van der Waals surface area (Å²) in [5, 5.41) is 2.30. The Labute approximate surface area is 158 Å². The average Bonchev–Trinajstić information content (AvgIpc) is 2.65. The highest BCUT2D eigenvalue weighted by molar-refractivity contribution is 6.19. The second-order valence-electron chi connectivity index (χ2n) is 5.38. The molecule has 0 atom stereocenters. The topological polar surface area (TPSA) is 98.8 Å². The zero-order chi connectivity index (χ0) is 19.9. The molecule has 0 spiro atoms. The summed E-state index contributed by atoms with van der Waals surface area (Å²) in [6.07, 6.45) is 5.46. The van der Waals surface area contributed by atoms with Gasteiger partial charge in [-0.1, -0.05) is 19.3 Å². The Hall–Kier alpha value is -3.32. The van der Waals surface area contributed by atoms with Gasteiger partial charge in [-0.3, -0.25) is 14.4 Å². The largest absolute Gasteiger partial charge is 0.464 e. The van der Waals surface area contributed by atoms with E-state index in [1.807, 2.05) is 6.92 Å². The smallest absolute Gasteiger partial charge is 0.407 e. The highest BCUT2D eigenvalue weighted by atomic mass is 16.6. The molecule has 1 N–H and O–H groups in total. The Balaban J connectivity index is 2.14. The van der Waals surface area contributed by atoms with Crippen LogP contribution < -0.4 is 5.32 Å². The van der Waals surface area contributed by atoms with Crippen molar-refractivity contribution in [3.63, 3.8) is 0 Å². The van der Waals surface area contributed by atoms with Crippen LogP contribution in [-0.4, -0.2) is 43.4 Å². The molecule has 1 aliphatic carbocycles. The normalized spacial score (nSPS) is 12.1. The third kappa shape index (κ3) is 10.3. The van der Waals surface area contributed by atoms with Crippen LogP contribution in [0.2, 0.25) is 0 Å². The number of hydrogen-bond donors (Lipinski definition) is 1. The third-order valence-corrected chi connectivity index (χ3v) is 3.12. The van der Waals surface area contributed by atoms with E-state index in [0.29, 0.717) is 19.4 Å². The van der Waals surface area contributed by atoms with E-state index in [-0.39, 0.29) is 30.3 Å². The van der Waals surface area contributed by atoms with E-state index in [1.165, 1.54) is 18.2 Å². The van der Waals surface area contributed by atoms with Crippen molar-refractivity contribution in [2.75, 3.05) is 19.8 Å². The summed E-state index contributed by atoms with van der Waals surface area (Å²) >= 11 is 0. The first-order valence-corrected chi connectivity index (χ1v) is 8.56. The molecule has 0 aromatic carbocycles. The van der Waals surface area contributed by atoms with E-state index in [2.05, 4.69) is 29.0 Å². The number of amides is 1. The lowest BCUT2D eigenvalue weighted by Crippen LogP contribution is -2.31. The highest BCUT2D eigenvalue weighted by Gasteiger charge is 2.10. The molecular weight excluding hydrogens is 350 g/mol. The highest BCUT2D eigenvalue weighted by Crippen LogP contribution is 2.03. The van der Waals surface area contributed by atoms with Crippen LogP contribution in [0.1, 0.15) is 32.6 Å². The fourth-order valence-corrected chi connectivity index (χ4v) is 1.71. The first-order chi connectivity index (χ1) is 13.0. The number of allylic oxidation sites excluding steroid dienone is 4. The fraction of sp³-hybridized carbons (Fsp3) is 0.400. The summed E-state index contributed by atoms with van der Waals surface area (Å²) in [6.45, 7) is 2.23. The van der Waals surface area contributed by atoms with Crippen LogP contribution in [0.3, 0.4) is 0 Å². The maximum absolute atomic E-state index is 11.4. The van der Waals surface area contributed by atoms with E-state index in [1.54, 1.807) is 0 Å². The van der Waals surface area contributed by atoms with Crippen molar-refractivity contribution in [3.8, 4) is 23.7 Å². The minimum atomic E-state index is -0.698. The quantitative estimate of drug-likeness (QED) is 0.300. The number of alkyl carbamates (subject to hydrolysis) is 1. The summed E-state index contributed by atoms with van der Waals surface area (Å²) in [4.78, 5) is 45.2. The van der Waals surface area contributed by atoms with E-state index < -0.39 is 12.1 Å². The van der Waals surface area contributed by atoms with E-state index in [9.17, 15) is 19.2 Å². The molecule has 0 fully saturated rings. The van der Waals surface area contributed by atoms with Crippen molar-refractivity contribution in [2.24, 2.45) is 0 Å². The number of nitrogens with one attached hydrogen (secondary N) is 1. The minimum Gasteiger partial charge on any atom is -0.464 e. The number of ether oxygens (including phenoxy) is 2. The van der Waals surface area contributed by atoms with Crippen LogP contribution in [0.15, 0.2) is 23.8 Å². The van der Waals surface area contributed by atoms with Gasteiger partial charge in [-0.2, -0.15) is 0 Å². The molecule has 1 aliphatic rings. The monoisotopic (exact) mass is 371 g/mol. The zero-order valence-corrected chi connectivity index (χ0v) is 15.1. The maximum Gasteiger partial charge on any atom is 0.407 e. The van der Waals surface area contributed by atoms with Gasteiger partial charge in [-0.25, -0.2) is 4.79 Å². The predicted octanol–water partition coefficient (Wildman–Crippen LogP) is 1.48. The van der Waals surface area contributed by atoms with Gasteiger partial charge in [-0.05, 0) is 42.8 Å². The van der Waals surface area contributed by atoms with Crippen LogP contribution in [0, 0.1) is 23.7 Å². The third-order valence-electron chi connectivity index (χ3n) is 3.12. The Morgan fingerprint density at radius 1 is 1.07 bits per heavy atom. The number of carbonyl (C=O) groups is 4. The van der Waals surface area contributed by atoms with Crippen molar-refractivity contribution >= 4 is 23.6 Å². The second kappa shape index (κ2) is 13.0. The molecule has 1 rings (SSSR count). The first-order valence-electron chi connectivity index (χ1n) is 8.56. The van der Waals surface area contributed by atoms with Gasteiger partial charge in [-0.15, -0.1) is 0 Å². The van der Waals surface area contributed by atoms with Crippen molar-refractivity contribution in [1.29, 1.82) is 0 Å². The molecule has 0 aromatic heterocycles. The molecule has 142 valence electrons. The summed E-state index contributed by atoms with van der Waals surface area (Å²) in [7, 11) is 0. The first kappa shape index (κ1) is 21.7. The lowest BCUT2D eigenvalue weighted by molar-refractivity contribution is -0.142. The van der Waals surface area contributed by atoms with E-state index in [4.69, 9.17) is 9.47 Å². The van der Waals surface area contributed by atoms with Crippen LogP contribution in [0.4, 0.5) is 4.79 Å². The van der Waals surface area contributed by atoms with Gasteiger partial charge in [0.2, 0.25) is 0 Å². The lowest BCUT2D eigenvalue weighted by atomic mass is 10.0. The molecule has 7 nitrogen and oxygen atoms in total. The molecule has 0 saturated carbocycles. The van der Waals surface area contributed by atoms with Crippen molar-refractivity contribution < 1.29 is 28.7 Å². The molecule has 0 aliphatic heterocycles. The van der Waals surface area contributed by atoms with Gasteiger partial charge in [0.15, 0.2) is 11.6 Å². The average molecular weight is 371 g/mol. The van der Waals surface area contributed by atoms with E-state index >= 15 is 0 Å². The van der Waals surface area contributed by atoms with Crippen LogP contribution in [0.5, 0.6) is 0 Å². The molecule has 0 aromatic rings. The zero-order valence-electron chi connectivity index (χ0n) is 15.1. The molecule has 7 heteroatoms. The summed E-state index contributed by atoms with van der Waals surface area (Å²) in [6, 6.07) is 0. The van der Waals surface area contributed by atoms with Crippen LogP contribution in [-0.2, 0) is 23.9 Å². The van der Waals surface area contributed by atoms with Crippen LogP contribution in [0.25, 0.3) is 0 Å². The number of unbranched alkanes of at least 4 members (excludes halogenated alkanes) is 2. The number of ketones is 2. The van der Waals surface area contributed by atoms with Gasteiger partial charge in [0.25, 0.3) is 0 Å². The van der Waals surface area contributed by atoms with Gasteiger partial charge >= 0.3 is 12.1 Å². The van der Waals surface area contributed by atoms with Gasteiger partial charge < -0.3 is 14.8 Å². The molecule has 1 amide bonds.